The third-order valence-electron chi connectivity index (χ3n) is 5.46. The number of ketones is 1. The average molecular weight is 457 g/mol. The Hall–Kier alpha value is -4.59. The second-order valence-electron chi connectivity index (χ2n) is 7.80. The van der Waals surface area contributed by atoms with E-state index in [0.29, 0.717) is 0 Å². The summed E-state index contributed by atoms with van der Waals surface area (Å²) in [5.74, 6) is -1.84. The third-order valence-corrected chi connectivity index (χ3v) is 5.46. The topological polar surface area (TPSA) is 135 Å². The maximum Gasteiger partial charge on any atom is 0.408 e. The van der Waals surface area contributed by atoms with Gasteiger partial charge in [-0.3, -0.25) is 4.79 Å². The Morgan fingerprint density at radius 2 is 1.71 bits per heavy atom. The number of alkyl carbamates (subject to hydrolysis) is 1. The summed E-state index contributed by atoms with van der Waals surface area (Å²) in [4.78, 5) is 41.0. The Morgan fingerprint density at radius 3 is 2.47 bits per heavy atom. The second-order valence-corrected chi connectivity index (χ2v) is 7.80. The highest BCUT2D eigenvalue weighted by molar-refractivity contribution is 6.09. The summed E-state index contributed by atoms with van der Waals surface area (Å²) in [7, 11) is 0. The molecule has 0 saturated heterocycles. The zero-order valence-corrected chi connectivity index (χ0v) is 18.2. The summed E-state index contributed by atoms with van der Waals surface area (Å²) < 4.78 is 5.30. The summed E-state index contributed by atoms with van der Waals surface area (Å²) in [5, 5.41) is 13.1. The number of benzene rings is 3. The lowest BCUT2D eigenvalue weighted by atomic mass is 9.94. The van der Waals surface area contributed by atoms with E-state index in [9.17, 15) is 19.5 Å². The van der Waals surface area contributed by atoms with Crippen LogP contribution in [0, 0.1) is 0 Å². The molecule has 0 aliphatic carbocycles. The molecule has 1 aromatic heterocycles. The Bertz CT molecular complexity index is 1350. The van der Waals surface area contributed by atoms with Gasteiger partial charge in [-0.1, -0.05) is 48.5 Å². The van der Waals surface area contributed by atoms with Gasteiger partial charge in [-0.2, -0.15) is 0 Å². The molecule has 172 valence electrons. The van der Waals surface area contributed by atoms with Gasteiger partial charge in [-0.05, 0) is 35.4 Å². The number of hydrogen-bond acceptors (Lipinski definition) is 5. The molecule has 4 aromatic rings. The molecule has 3 aromatic carbocycles. The summed E-state index contributed by atoms with van der Waals surface area (Å²) >= 11 is 0. The van der Waals surface area contributed by atoms with Crippen LogP contribution in [0.25, 0.3) is 10.9 Å². The van der Waals surface area contributed by atoms with Crippen molar-refractivity contribution in [2.24, 2.45) is 0 Å². The quantitative estimate of drug-likeness (QED) is 0.232. The van der Waals surface area contributed by atoms with Crippen molar-refractivity contribution in [3.8, 4) is 0 Å². The van der Waals surface area contributed by atoms with Crippen LogP contribution in [0.5, 0.6) is 0 Å². The summed E-state index contributed by atoms with van der Waals surface area (Å²) in [5.41, 5.74) is 8.26. The van der Waals surface area contributed by atoms with Crippen molar-refractivity contribution in [1.82, 2.24) is 10.3 Å². The molecule has 0 unspecified atom stereocenters. The van der Waals surface area contributed by atoms with E-state index in [0.717, 1.165) is 22.0 Å². The summed E-state index contributed by atoms with van der Waals surface area (Å²) in [6.45, 7) is 0.0271. The number of aromatic amines is 1. The molecule has 0 saturated carbocycles. The number of fused-ring (bicyclic) bond motifs is 1. The van der Waals surface area contributed by atoms with Crippen LogP contribution in [0.2, 0.25) is 0 Å². The van der Waals surface area contributed by atoms with Gasteiger partial charge in [0.1, 0.15) is 6.61 Å². The van der Waals surface area contributed by atoms with Crippen molar-refractivity contribution in [3.63, 3.8) is 0 Å². The van der Waals surface area contributed by atoms with E-state index in [1.165, 1.54) is 18.2 Å². The van der Waals surface area contributed by atoms with Crippen LogP contribution in [0.4, 0.5) is 10.5 Å². The van der Waals surface area contributed by atoms with Crippen LogP contribution in [0.1, 0.15) is 31.8 Å². The van der Waals surface area contributed by atoms with E-state index in [4.69, 9.17) is 10.5 Å². The van der Waals surface area contributed by atoms with Gasteiger partial charge in [0.15, 0.2) is 5.78 Å². The third kappa shape index (κ3) is 5.07. The lowest BCUT2D eigenvalue weighted by molar-refractivity contribution is 0.0691. The number of carbonyl (C=O) groups is 3. The largest absolute Gasteiger partial charge is 0.478 e. The Kier molecular flexibility index (Phi) is 6.59. The Morgan fingerprint density at radius 1 is 0.971 bits per heavy atom. The number of carboxylic acid groups (broad SMARTS) is 1. The first kappa shape index (κ1) is 22.6. The lowest BCUT2D eigenvalue weighted by Crippen LogP contribution is -2.43. The molecule has 1 atom stereocenters. The van der Waals surface area contributed by atoms with Crippen LogP contribution >= 0.6 is 0 Å². The molecular formula is C26H23N3O5. The van der Waals surface area contributed by atoms with E-state index in [1.54, 1.807) is 6.20 Å². The number of nitrogens with two attached hydrogens (primary N) is 1. The number of ether oxygens (including phenoxy) is 1. The van der Waals surface area contributed by atoms with Gasteiger partial charge in [0, 0.05) is 34.8 Å². The molecule has 4 rings (SSSR count). The van der Waals surface area contributed by atoms with Crippen molar-refractivity contribution in [2.75, 3.05) is 5.73 Å². The molecule has 34 heavy (non-hydrogen) atoms. The number of nitrogen functional groups attached to an aromatic ring is 1. The highest BCUT2D eigenvalue weighted by Gasteiger charge is 2.28. The van der Waals surface area contributed by atoms with Crippen LogP contribution in [-0.4, -0.2) is 34.0 Å². The lowest BCUT2D eigenvalue weighted by Gasteiger charge is -2.19. The van der Waals surface area contributed by atoms with Crippen LogP contribution in [-0.2, 0) is 17.8 Å². The summed E-state index contributed by atoms with van der Waals surface area (Å²) in [6, 6.07) is 19.6. The average Bonchev–Trinajstić information content (AvgIpc) is 3.25. The number of Topliss-reactive ketones (excluding diaryl/α,β-unsaturated/α-hetero) is 1. The maximum absolute atomic E-state index is 13.5. The van der Waals surface area contributed by atoms with Crippen LogP contribution < -0.4 is 11.1 Å². The number of amides is 1. The van der Waals surface area contributed by atoms with Gasteiger partial charge >= 0.3 is 12.1 Å². The fourth-order valence-corrected chi connectivity index (χ4v) is 3.78. The number of carbonyl (C=O) groups excluding carboxylic acids is 2. The van der Waals surface area contributed by atoms with Crippen molar-refractivity contribution in [3.05, 3.63) is 101 Å². The van der Waals surface area contributed by atoms with E-state index in [1.807, 2.05) is 54.6 Å². The molecular weight excluding hydrogens is 434 g/mol. The van der Waals surface area contributed by atoms with E-state index >= 15 is 0 Å². The smallest absolute Gasteiger partial charge is 0.408 e. The predicted molar refractivity (Wildman–Crippen MR) is 128 cm³/mol. The number of rotatable bonds is 8. The number of para-hydroxylation sites is 1. The van der Waals surface area contributed by atoms with Crippen molar-refractivity contribution >= 4 is 34.4 Å². The standard InChI is InChI=1S/C26H23N3O5/c27-18-10-11-20(25(31)32)21(13-18)24(30)23(12-17-14-28-22-9-5-4-8-19(17)22)29-26(33)34-15-16-6-2-1-3-7-16/h1-11,13-14,23,28H,12,15,27H2,(H,29,33)(H,31,32)/t23-/m0/s1. The zero-order chi connectivity index (χ0) is 24.1. The fourth-order valence-electron chi connectivity index (χ4n) is 3.78. The normalized spacial score (nSPS) is 11.6. The fraction of sp³-hybridized carbons (Fsp3) is 0.115. The van der Waals surface area contributed by atoms with Gasteiger partial charge in [-0.15, -0.1) is 0 Å². The van der Waals surface area contributed by atoms with E-state index in [2.05, 4.69) is 10.3 Å². The number of carboxylic acids is 1. The molecule has 0 bridgehead atoms. The molecule has 8 heteroatoms. The van der Waals surface area contributed by atoms with Gasteiger partial charge < -0.3 is 25.9 Å². The number of hydrogen-bond donors (Lipinski definition) is 4. The maximum atomic E-state index is 13.5. The van der Waals surface area contributed by atoms with Crippen molar-refractivity contribution in [2.45, 2.75) is 19.1 Å². The minimum Gasteiger partial charge on any atom is -0.478 e. The molecule has 8 nitrogen and oxygen atoms in total. The number of H-pyrrole nitrogens is 1. The first-order valence-corrected chi connectivity index (χ1v) is 10.6. The van der Waals surface area contributed by atoms with Crippen LogP contribution in [0.15, 0.2) is 79.0 Å². The molecule has 0 spiro atoms. The Labute approximate surface area is 195 Å². The monoisotopic (exact) mass is 457 g/mol. The molecule has 1 heterocycles. The van der Waals surface area contributed by atoms with Crippen molar-refractivity contribution in [1.29, 1.82) is 0 Å². The summed E-state index contributed by atoms with van der Waals surface area (Å²) in [6.07, 6.45) is 1.10. The first-order chi connectivity index (χ1) is 16.4. The predicted octanol–water partition coefficient (Wildman–Crippen LogP) is 4.17. The molecule has 1 amide bonds. The number of anilines is 1. The van der Waals surface area contributed by atoms with Crippen LogP contribution in [0.3, 0.4) is 0 Å². The molecule has 0 radical (unpaired) electrons. The van der Waals surface area contributed by atoms with E-state index < -0.39 is 23.9 Å². The Balaban J connectivity index is 1.62. The highest BCUT2D eigenvalue weighted by Crippen LogP contribution is 2.22. The minimum absolute atomic E-state index is 0.0271. The second kappa shape index (κ2) is 9.91. The van der Waals surface area contributed by atoms with E-state index in [-0.39, 0.29) is 29.8 Å². The number of aromatic carboxylic acids is 1. The number of nitrogens with one attached hydrogen (secondary N) is 2. The first-order valence-electron chi connectivity index (χ1n) is 10.6. The molecule has 5 N–H and O–H groups in total. The van der Waals surface area contributed by atoms with Gasteiger partial charge in [-0.25, -0.2) is 9.59 Å². The molecule has 0 aliphatic rings. The zero-order valence-electron chi connectivity index (χ0n) is 18.2. The van der Waals surface area contributed by atoms with Gasteiger partial charge in [0.2, 0.25) is 0 Å². The molecule has 0 fully saturated rings. The van der Waals surface area contributed by atoms with Gasteiger partial charge in [0.25, 0.3) is 0 Å². The highest BCUT2D eigenvalue weighted by atomic mass is 16.5. The number of aromatic nitrogens is 1. The minimum atomic E-state index is -1.26. The van der Waals surface area contributed by atoms with Crippen molar-refractivity contribution < 1.29 is 24.2 Å². The SMILES string of the molecule is Nc1ccc(C(=O)O)c(C(=O)[C@H](Cc2c[nH]c3ccccc23)NC(=O)OCc2ccccc2)c1. The van der Waals surface area contributed by atoms with Gasteiger partial charge in [0.05, 0.1) is 11.6 Å². The molecule has 0 aliphatic heterocycles.